The summed E-state index contributed by atoms with van der Waals surface area (Å²) in [5, 5.41) is 9.39. The van der Waals surface area contributed by atoms with Crippen LogP contribution >= 0.6 is 11.6 Å². The predicted octanol–water partition coefficient (Wildman–Crippen LogP) is 2.67. The molecule has 0 saturated heterocycles. The lowest BCUT2D eigenvalue weighted by molar-refractivity contribution is 0.0687. The Morgan fingerprint density at radius 2 is 2.20 bits per heavy atom. The average molecular weight is 228 g/mol. The minimum absolute atomic E-state index is 0.0690. The van der Waals surface area contributed by atoms with Gasteiger partial charge in [-0.25, -0.2) is 9.18 Å². The molecule has 0 spiro atoms. The van der Waals surface area contributed by atoms with E-state index in [4.69, 9.17) is 16.7 Å². The molecule has 1 aromatic carbocycles. The van der Waals surface area contributed by atoms with Gasteiger partial charge in [-0.2, -0.15) is 0 Å². The molecule has 5 heteroatoms. The molecule has 2 rings (SSSR count). The van der Waals surface area contributed by atoms with E-state index in [9.17, 15) is 9.18 Å². The molecular formula is C10H7ClFNO2. The quantitative estimate of drug-likeness (QED) is 0.814. The number of aromatic nitrogens is 1. The van der Waals surface area contributed by atoms with Gasteiger partial charge in [0.25, 0.3) is 0 Å². The van der Waals surface area contributed by atoms with Crippen molar-refractivity contribution < 1.29 is 14.3 Å². The van der Waals surface area contributed by atoms with E-state index >= 15 is 0 Å². The number of aromatic carboxylic acids is 1. The van der Waals surface area contributed by atoms with Crippen LogP contribution in [-0.2, 0) is 7.05 Å². The highest BCUT2D eigenvalue weighted by atomic mass is 35.5. The Hall–Kier alpha value is -1.55. The van der Waals surface area contributed by atoms with Gasteiger partial charge >= 0.3 is 5.97 Å². The van der Waals surface area contributed by atoms with Crippen molar-refractivity contribution in [3.8, 4) is 0 Å². The van der Waals surface area contributed by atoms with E-state index in [0.29, 0.717) is 5.39 Å². The summed E-state index contributed by atoms with van der Waals surface area (Å²) in [5.41, 5.74) is 0.108. The fourth-order valence-electron chi connectivity index (χ4n) is 1.66. The second-order valence-electron chi connectivity index (χ2n) is 3.16. The fourth-order valence-corrected chi connectivity index (χ4v) is 2.02. The number of rotatable bonds is 1. The summed E-state index contributed by atoms with van der Waals surface area (Å²) in [6.45, 7) is 0. The third-order valence-corrected chi connectivity index (χ3v) is 2.69. The Morgan fingerprint density at radius 1 is 1.53 bits per heavy atom. The van der Waals surface area contributed by atoms with Crippen LogP contribution in [0.2, 0.25) is 5.02 Å². The van der Waals surface area contributed by atoms with Crippen molar-refractivity contribution in [3.05, 3.63) is 34.7 Å². The third kappa shape index (κ3) is 1.29. The maximum atomic E-state index is 13.4. The number of nitrogens with zero attached hydrogens (tertiary/aromatic N) is 1. The first-order chi connectivity index (χ1) is 7.04. The number of carbonyl (C=O) groups is 1. The lowest BCUT2D eigenvalue weighted by Gasteiger charge is -1.99. The Kier molecular flexibility index (Phi) is 2.16. The van der Waals surface area contributed by atoms with Gasteiger partial charge in [0, 0.05) is 12.4 Å². The Labute approximate surface area is 89.7 Å². The number of para-hydroxylation sites is 1. The molecule has 1 N–H and O–H groups in total. The first-order valence-electron chi connectivity index (χ1n) is 4.19. The standard InChI is InChI=1S/C10H7ClFNO2/c1-13-8-5(3-2-4-6(8)12)7(11)9(13)10(14)15/h2-4H,1H3,(H,14,15). The SMILES string of the molecule is Cn1c(C(=O)O)c(Cl)c2cccc(F)c21. The number of hydrogen-bond acceptors (Lipinski definition) is 1. The van der Waals surface area contributed by atoms with Crippen molar-refractivity contribution in [2.75, 3.05) is 0 Å². The lowest BCUT2D eigenvalue weighted by atomic mass is 10.2. The van der Waals surface area contributed by atoms with Crippen LogP contribution in [0.3, 0.4) is 0 Å². The Morgan fingerprint density at radius 3 is 2.73 bits per heavy atom. The molecule has 78 valence electrons. The molecule has 0 saturated carbocycles. The second-order valence-corrected chi connectivity index (χ2v) is 3.54. The largest absolute Gasteiger partial charge is 0.477 e. The van der Waals surface area contributed by atoms with Gasteiger partial charge in [-0.3, -0.25) is 0 Å². The van der Waals surface area contributed by atoms with Crippen molar-refractivity contribution >= 4 is 28.5 Å². The molecule has 0 atom stereocenters. The molecule has 1 aromatic heterocycles. The van der Waals surface area contributed by atoms with Crippen LogP contribution in [0.25, 0.3) is 10.9 Å². The highest BCUT2D eigenvalue weighted by Crippen LogP contribution is 2.31. The molecule has 0 aliphatic rings. The predicted molar refractivity (Wildman–Crippen MR) is 54.8 cm³/mol. The van der Waals surface area contributed by atoms with E-state index in [-0.39, 0.29) is 16.2 Å². The maximum Gasteiger partial charge on any atom is 0.354 e. The van der Waals surface area contributed by atoms with Crippen LogP contribution in [-0.4, -0.2) is 15.6 Å². The Bertz CT molecular complexity index is 562. The molecule has 1 heterocycles. The summed E-state index contributed by atoms with van der Waals surface area (Å²) in [6.07, 6.45) is 0. The zero-order valence-electron chi connectivity index (χ0n) is 7.79. The first-order valence-corrected chi connectivity index (χ1v) is 4.57. The van der Waals surface area contributed by atoms with E-state index in [1.165, 1.54) is 23.7 Å². The van der Waals surface area contributed by atoms with E-state index in [1.54, 1.807) is 6.07 Å². The molecule has 15 heavy (non-hydrogen) atoms. The zero-order valence-corrected chi connectivity index (χ0v) is 8.55. The number of fused-ring (bicyclic) bond motifs is 1. The van der Waals surface area contributed by atoms with Crippen molar-refractivity contribution in [1.29, 1.82) is 0 Å². The van der Waals surface area contributed by atoms with Crippen molar-refractivity contribution in [2.24, 2.45) is 7.05 Å². The monoisotopic (exact) mass is 227 g/mol. The molecule has 0 amide bonds. The summed E-state index contributed by atoms with van der Waals surface area (Å²) < 4.78 is 14.7. The molecule has 0 aliphatic carbocycles. The van der Waals surface area contributed by atoms with Crippen molar-refractivity contribution in [2.45, 2.75) is 0 Å². The highest BCUT2D eigenvalue weighted by molar-refractivity contribution is 6.38. The molecule has 0 bridgehead atoms. The van der Waals surface area contributed by atoms with Gasteiger partial charge in [-0.15, -0.1) is 0 Å². The van der Waals surface area contributed by atoms with Crippen molar-refractivity contribution in [1.82, 2.24) is 4.57 Å². The van der Waals surface area contributed by atoms with E-state index in [1.807, 2.05) is 0 Å². The number of carboxylic acid groups (broad SMARTS) is 1. The summed E-state index contributed by atoms with van der Waals surface area (Å²) in [7, 11) is 1.47. The van der Waals surface area contributed by atoms with Crippen LogP contribution in [0.1, 0.15) is 10.5 Å². The summed E-state index contributed by atoms with van der Waals surface area (Å²) in [5.74, 6) is -1.65. The van der Waals surface area contributed by atoms with E-state index < -0.39 is 11.8 Å². The van der Waals surface area contributed by atoms with Crippen LogP contribution < -0.4 is 0 Å². The van der Waals surface area contributed by atoms with Gasteiger partial charge in [-0.1, -0.05) is 23.7 Å². The van der Waals surface area contributed by atoms with Gasteiger partial charge in [0.05, 0.1) is 10.5 Å². The van der Waals surface area contributed by atoms with Crippen LogP contribution in [0.15, 0.2) is 18.2 Å². The number of carboxylic acids is 1. The second kappa shape index (κ2) is 3.24. The molecule has 3 nitrogen and oxygen atoms in total. The number of benzene rings is 1. The Balaban J connectivity index is 2.98. The molecule has 0 unspecified atom stereocenters. The summed E-state index contributed by atoms with van der Waals surface area (Å²) in [6, 6.07) is 4.35. The van der Waals surface area contributed by atoms with Gasteiger partial charge in [0.2, 0.25) is 0 Å². The molecule has 0 radical (unpaired) electrons. The minimum atomic E-state index is -1.17. The van der Waals surface area contributed by atoms with Crippen molar-refractivity contribution in [3.63, 3.8) is 0 Å². The van der Waals surface area contributed by atoms with E-state index in [2.05, 4.69) is 0 Å². The maximum absolute atomic E-state index is 13.4. The molecular weight excluding hydrogens is 221 g/mol. The first kappa shape index (κ1) is 9.98. The topological polar surface area (TPSA) is 42.2 Å². The normalized spacial score (nSPS) is 10.9. The molecule has 0 aliphatic heterocycles. The minimum Gasteiger partial charge on any atom is -0.477 e. The van der Waals surface area contributed by atoms with Gasteiger partial charge in [0.15, 0.2) is 0 Å². The fraction of sp³-hybridized carbons (Fsp3) is 0.100. The number of hydrogen-bond donors (Lipinski definition) is 1. The average Bonchev–Trinajstić information content (AvgIpc) is 2.40. The number of aryl methyl sites for hydroxylation is 1. The smallest absolute Gasteiger partial charge is 0.354 e. The third-order valence-electron chi connectivity index (χ3n) is 2.30. The molecule has 2 aromatic rings. The van der Waals surface area contributed by atoms with Crippen LogP contribution in [0.4, 0.5) is 4.39 Å². The van der Waals surface area contributed by atoms with Gasteiger partial charge < -0.3 is 9.67 Å². The zero-order chi connectivity index (χ0) is 11.2. The summed E-state index contributed by atoms with van der Waals surface area (Å²) in [4.78, 5) is 10.9. The van der Waals surface area contributed by atoms with Crippen LogP contribution in [0, 0.1) is 5.82 Å². The number of halogens is 2. The summed E-state index contributed by atoms with van der Waals surface area (Å²) >= 11 is 5.86. The highest BCUT2D eigenvalue weighted by Gasteiger charge is 2.20. The molecule has 0 fully saturated rings. The van der Waals surface area contributed by atoms with E-state index in [0.717, 1.165) is 0 Å². The van der Waals surface area contributed by atoms with Gasteiger partial charge in [-0.05, 0) is 6.07 Å². The van der Waals surface area contributed by atoms with Crippen LogP contribution in [0.5, 0.6) is 0 Å². The lowest BCUT2D eigenvalue weighted by Crippen LogP contribution is -2.05. The van der Waals surface area contributed by atoms with Gasteiger partial charge in [0.1, 0.15) is 11.5 Å².